The van der Waals surface area contributed by atoms with Crippen molar-refractivity contribution in [2.24, 2.45) is 5.73 Å². The maximum absolute atomic E-state index is 10.9. The zero-order chi connectivity index (χ0) is 13.8. The van der Waals surface area contributed by atoms with Crippen LogP contribution in [0.5, 0.6) is 0 Å². The van der Waals surface area contributed by atoms with Crippen molar-refractivity contribution in [3.8, 4) is 0 Å². The molecule has 1 aliphatic rings. The summed E-state index contributed by atoms with van der Waals surface area (Å²) in [5, 5.41) is 10.9. The maximum atomic E-state index is 10.9. The minimum Gasteiger partial charge on any atom is -0.329 e. The minimum atomic E-state index is -0.357. The van der Waals surface area contributed by atoms with Gasteiger partial charge in [-0.2, -0.15) is 0 Å². The lowest BCUT2D eigenvalue weighted by molar-refractivity contribution is -0.385. The van der Waals surface area contributed by atoms with E-state index in [1.165, 1.54) is 12.8 Å². The van der Waals surface area contributed by atoms with Crippen LogP contribution in [0.15, 0.2) is 22.7 Å². The van der Waals surface area contributed by atoms with Gasteiger partial charge in [-0.1, -0.05) is 12.5 Å². The first-order valence-corrected chi connectivity index (χ1v) is 7.28. The molecule has 1 fully saturated rings. The maximum Gasteiger partial charge on any atom is 0.283 e. The Balaban J connectivity index is 0.00000200. The molecule has 20 heavy (non-hydrogen) atoms. The first-order chi connectivity index (χ1) is 9.11. The number of nitrogens with zero attached hydrogens (tertiary/aromatic N) is 2. The molecule has 0 bridgehead atoms. The fourth-order valence-corrected chi connectivity index (χ4v) is 2.96. The van der Waals surface area contributed by atoms with E-state index in [1.54, 1.807) is 12.1 Å². The second-order valence-corrected chi connectivity index (χ2v) is 5.75. The van der Waals surface area contributed by atoms with E-state index in [1.807, 2.05) is 6.07 Å². The van der Waals surface area contributed by atoms with Crippen molar-refractivity contribution in [2.75, 3.05) is 13.1 Å². The standard InChI is InChI=1S/C13H18BrN3O2.ClH/c14-12-5-4-10(7-13(12)17(18)19)9-16-6-2-1-3-11(16)8-15;/h4-5,7,11H,1-3,6,8-9,15H2;1H. The SMILES string of the molecule is Cl.NCC1CCCCN1Cc1ccc(Br)c([N+](=O)[O-])c1. The third-order valence-corrected chi connectivity index (χ3v) is 4.28. The van der Waals surface area contributed by atoms with Gasteiger partial charge in [-0.05, 0) is 46.9 Å². The van der Waals surface area contributed by atoms with Gasteiger partial charge in [0, 0.05) is 25.2 Å². The molecule has 2 N–H and O–H groups in total. The van der Waals surface area contributed by atoms with Gasteiger partial charge in [0.15, 0.2) is 0 Å². The molecular formula is C13H19BrClN3O2. The Bertz CT molecular complexity index is 473. The number of rotatable bonds is 4. The molecule has 0 saturated carbocycles. The highest BCUT2D eigenvalue weighted by Crippen LogP contribution is 2.27. The Morgan fingerprint density at radius 2 is 2.20 bits per heavy atom. The Hall–Kier alpha value is -0.690. The third-order valence-electron chi connectivity index (χ3n) is 3.61. The van der Waals surface area contributed by atoms with E-state index in [0.717, 1.165) is 25.1 Å². The molecular weight excluding hydrogens is 346 g/mol. The highest BCUT2D eigenvalue weighted by molar-refractivity contribution is 9.10. The average Bonchev–Trinajstić information content (AvgIpc) is 2.41. The Morgan fingerprint density at radius 1 is 1.45 bits per heavy atom. The van der Waals surface area contributed by atoms with Gasteiger partial charge < -0.3 is 5.73 Å². The summed E-state index contributed by atoms with van der Waals surface area (Å²) in [6.07, 6.45) is 3.52. The molecule has 1 aromatic carbocycles. The van der Waals surface area contributed by atoms with Crippen LogP contribution in [0, 0.1) is 10.1 Å². The van der Waals surface area contributed by atoms with Crippen LogP contribution < -0.4 is 5.73 Å². The van der Waals surface area contributed by atoms with Crippen LogP contribution in [-0.4, -0.2) is 29.0 Å². The Kier molecular flexibility index (Phi) is 6.88. The smallest absolute Gasteiger partial charge is 0.283 e. The summed E-state index contributed by atoms with van der Waals surface area (Å²) < 4.78 is 0.523. The van der Waals surface area contributed by atoms with E-state index in [4.69, 9.17) is 5.73 Å². The quantitative estimate of drug-likeness (QED) is 0.658. The normalized spacial score (nSPS) is 19.4. The van der Waals surface area contributed by atoms with Crippen LogP contribution in [0.4, 0.5) is 5.69 Å². The molecule has 0 spiro atoms. The molecule has 1 aliphatic heterocycles. The van der Waals surface area contributed by atoms with Gasteiger partial charge in [-0.25, -0.2) is 0 Å². The van der Waals surface area contributed by atoms with Crippen molar-refractivity contribution in [1.82, 2.24) is 4.90 Å². The average molecular weight is 365 g/mol. The number of benzene rings is 1. The first-order valence-electron chi connectivity index (χ1n) is 6.48. The second-order valence-electron chi connectivity index (χ2n) is 4.90. The summed E-state index contributed by atoms with van der Waals surface area (Å²) in [7, 11) is 0. The van der Waals surface area contributed by atoms with Crippen LogP contribution in [0.3, 0.4) is 0 Å². The molecule has 0 amide bonds. The van der Waals surface area contributed by atoms with Crippen LogP contribution in [0.2, 0.25) is 0 Å². The number of nitro groups is 1. The van der Waals surface area contributed by atoms with Gasteiger partial charge in [-0.15, -0.1) is 12.4 Å². The lowest BCUT2D eigenvalue weighted by atomic mass is 10.0. The molecule has 5 nitrogen and oxygen atoms in total. The van der Waals surface area contributed by atoms with Crippen LogP contribution in [0.1, 0.15) is 24.8 Å². The molecule has 1 atom stereocenters. The van der Waals surface area contributed by atoms with E-state index in [0.29, 0.717) is 17.1 Å². The number of hydrogen-bond acceptors (Lipinski definition) is 4. The largest absolute Gasteiger partial charge is 0.329 e. The van der Waals surface area contributed by atoms with Crippen molar-refractivity contribution in [1.29, 1.82) is 0 Å². The summed E-state index contributed by atoms with van der Waals surface area (Å²) in [5.41, 5.74) is 6.88. The molecule has 1 heterocycles. The van der Waals surface area contributed by atoms with Crippen molar-refractivity contribution in [3.05, 3.63) is 38.3 Å². The van der Waals surface area contributed by atoms with Crippen molar-refractivity contribution in [3.63, 3.8) is 0 Å². The summed E-state index contributed by atoms with van der Waals surface area (Å²) in [6.45, 7) is 2.40. The zero-order valence-corrected chi connectivity index (χ0v) is 13.5. The van der Waals surface area contributed by atoms with Gasteiger partial charge >= 0.3 is 0 Å². The second kappa shape index (κ2) is 7.93. The predicted octanol–water partition coefficient (Wildman–Crippen LogP) is 3.09. The Morgan fingerprint density at radius 3 is 2.85 bits per heavy atom. The Labute approximate surface area is 133 Å². The van der Waals surface area contributed by atoms with Crippen molar-refractivity contribution in [2.45, 2.75) is 31.8 Å². The molecule has 2 rings (SSSR count). The van der Waals surface area contributed by atoms with E-state index in [2.05, 4.69) is 20.8 Å². The number of likely N-dealkylation sites (tertiary alicyclic amines) is 1. The summed E-state index contributed by atoms with van der Waals surface area (Å²) in [5.74, 6) is 0. The number of piperidine rings is 1. The summed E-state index contributed by atoms with van der Waals surface area (Å²) in [4.78, 5) is 12.9. The lowest BCUT2D eigenvalue weighted by Crippen LogP contribution is -2.43. The molecule has 0 aliphatic carbocycles. The first kappa shape index (κ1) is 17.4. The monoisotopic (exact) mass is 363 g/mol. The molecule has 0 aromatic heterocycles. The van der Waals surface area contributed by atoms with Gasteiger partial charge in [0.2, 0.25) is 0 Å². The molecule has 1 unspecified atom stereocenters. The van der Waals surface area contributed by atoms with Crippen molar-refractivity contribution < 1.29 is 4.92 Å². The van der Waals surface area contributed by atoms with E-state index >= 15 is 0 Å². The van der Waals surface area contributed by atoms with Gasteiger partial charge in [0.25, 0.3) is 5.69 Å². The highest BCUT2D eigenvalue weighted by atomic mass is 79.9. The van der Waals surface area contributed by atoms with Gasteiger partial charge in [-0.3, -0.25) is 15.0 Å². The van der Waals surface area contributed by atoms with E-state index in [9.17, 15) is 10.1 Å². The minimum absolute atomic E-state index is 0. The van der Waals surface area contributed by atoms with Crippen LogP contribution >= 0.6 is 28.3 Å². The molecule has 112 valence electrons. The lowest BCUT2D eigenvalue weighted by Gasteiger charge is -2.34. The fraction of sp³-hybridized carbons (Fsp3) is 0.538. The number of hydrogen-bond donors (Lipinski definition) is 1. The van der Waals surface area contributed by atoms with E-state index < -0.39 is 0 Å². The van der Waals surface area contributed by atoms with Gasteiger partial charge in [0.1, 0.15) is 0 Å². The molecule has 7 heteroatoms. The molecule has 0 radical (unpaired) electrons. The predicted molar refractivity (Wildman–Crippen MR) is 85.1 cm³/mol. The molecule has 1 aromatic rings. The third kappa shape index (κ3) is 4.15. The highest BCUT2D eigenvalue weighted by Gasteiger charge is 2.22. The summed E-state index contributed by atoms with van der Waals surface area (Å²) in [6, 6.07) is 5.72. The number of nitro benzene ring substituents is 1. The fourth-order valence-electron chi connectivity index (χ4n) is 2.57. The summed E-state index contributed by atoms with van der Waals surface area (Å²) >= 11 is 3.21. The van der Waals surface area contributed by atoms with Crippen molar-refractivity contribution >= 4 is 34.0 Å². The number of halogens is 2. The number of nitrogens with two attached hydrogens (primary N) is 1. The van der Waals surface area contributed by atoms with E-state index in [-0.39, 0.29) is 23.0 Å². The molecule has 1 saturated heterocycles. The van der Waals surface area contributed by atoms with Crippen LogP contribution in [-0.2, 0) is 6.54 Å². The zero-order valence-electron chi connectivity index (χ0n) is 11.1. The topological polar surface area (TPSA) is 72.4 Å². The van der Waals surface area contributed by atoms with Gasteiger partial charge in [0.05, 0.1) is 9.40 Å². The van der Waals surface area contributed by atoms with Crippen LogP contribution in [0.25, 0.3) is 0 Å².